The first-order valence-electron chi connectivity index (χ1n) is 11.8. The Hall–Kier alpha value is -1.71. The summed E-state index contributed by atoms with van der Waals surface area (Å²) in [6.07, 6.45) is 10.1. The molecule has 6 atom stereocenters. The van der Waals surface area contributed by atoms with Crippen molar-refractivity contribution in [1.82, 2.24) is 0 Å². The Kier molecular flexibility index (Phi) is 5.14. The van der Waals surface area contributed by atoms with Gasteiger partial charge in [-0.1, -0.05) is 32.4 Å². The number of ether oxygens (including phenoxy) is 1. The second kappa shape index (κ2) is 7.17. The molecule has 0 spiro atoms. The maximum atomic E-state index is 13.1. The molecule has 4 nitrogen and oxygen atoms in total. The highest BCUT2D eigenvalue weighted by molar-refractivity contribution is 5.93. The van der Waals surface area contributed by atoms with E-state index in [1.165, 1.54) is 11.1 Å². The number of carbonyl (C=O) groups is 3. The summed E-state index contributed by atoms with van der Waals surface area (Å²) >= 11 is 0. The first kappa shape index (κ1) is 21.5. The highest BCUT2D eigenvalue weighted by Gasteiger charge is 2.65. The van der Waals surface area contributed by atoms with Crippen molar-refractivity contribution in [3.05, 3.63) is 23.3 Å². The molecular weight excluding hydrogens is 376 g/mol. The summed E-state index contributed by atoms with van der Waals surface area (Å²) < 4.78 is 5.99. The van der Waals surface area contributed by atoms with Gasteiger partial charge >= 0.3 is 5.97 Å². The molecule has 0 heterocycles. The predicted molar refractivity (Wildman–Crippen MR) is 116 cm³/mol. The van der Waals surface area contributed by atoms with Gasteiger partial charge < -0.3 is 4.74 Å². The van der Waals surface area contributed by atoms with E-state index in [1.807, 2.05) is 19.9 Å². The molecule has 4 rings (SSSR count). The number of carbonyl (C=O) groups excluding carboxylic acids is 3. The lowest BCUT2D eigenvalue weighted by molar-refractivity contribution is -0.204. The van der Waals surface area contributed by atoms with Gasteiger partial charge in [-0.25, -0.2) is 0 Å². The molecule has 4 aliphatic carbocycles. The van der Waals surface area contributed by atoms with Crippen LogP contribution in [0.25, 0.3) is 0 Å². The minimum Gasteiger partial charge on any atom is -0.451 e. The van der Waals surface area contributed by atoms with Gasteiger partial charge in [-0.15, -0.1) is 0 Å². The van der Waals surface area contributed by atoms with E-state index < -0.39 is 5.60 Å². The van der Waals surface area contributed by atoms with E-state index in [4.69, 9.17) is 4.74 Å². The number of fused-ring (bicyclic) bond motifs is 5. The van der Waals surface area contributed by atoms with Crippen LogP contribution < -0.4 is 0 Å². The van der Waals surface area contributed by atoms with E-state index in [-0.39, 0.29) is 28.4 Å². The number of hydrogen-bond donors (Lipinski definition) is 0. The van der Waals surface area contributed by atoms with Crippen molar-refractivity contribution in [3.63, 3.8) is 0 Å². The average Bonchev–Trinajstić information content (AvgIpc) is 2.67. The van der Waals surface area contributed by atoms with E-state index in [0.717, 1.165) is 32.1 Å². The van der Waals surface area contributed by atoms with E-state index in [2.05, 4.69) is 26.8 Å². The Balaban J connectivity index is 1.74. The summed E-state index contributed by atoms with van der Waals surface area (Å²) in [4.78, 5) is 37.7. The van der Waals surface area contributed by atoms with Gasteiger partial charge in [0.15, 0.2) is 17.2 Å². The maximum absolute atomic E-state index is 13.1. The van der Waals surface area contributed by atoms with Crippen LogP contribution in [0.3, 0.4) is 0 Å². The molecule has 0 N–H and O–H groups in total. The van der Waals surface area contributed by atoms with Gasteiger partial charge in [-0.3, -0.25) is 14.4 Å². The molecule has 2 saturated carbocycles. The zero-order valence-electron chi connectivity index (χ0n) is 19.2. The first-order chi connectivity index (χ1) is 14.1. The zero-order chi connectivity index (χ0) is 21.9. The third-order valence-corrected chi connectivity index (χ3v) is 9.30. The molecule has 4 aliphatic rings. The Morgan fingerprint density at radius 1 is 1.10 bits per heavy atom. The van der Waals surface area contributed by atoms with Crippen molar-refractivity contribution in [2.24, 2.45) is 28.6 Å². The Morgan fingerprint density at radius 3 is 2.53 bits per heavy atom. The van der Waals surface area contributed by atoms with Gasteiger partial charge in [0.2, 0.25) is 0 Å². The largest absolute Gasteiger partial charge is 0.451 e. The molecule has 0 amide bonds. The van der Waals surface area contributed by atoms with E-state index >= 15 is 0 Å². The number of esters is 1. The molecule has 30 heavy (non-hydrogen) atoms. The third-order valence-electron chi connectivity index (χ3n) is 9.30. The van der Waals surface area contributed by atoms with E-state index in [9.17, 15) is 14.4 Å². The lowest BCUT2D eigenvalue weighted by Gasteiger charge is -2.62. The SMILES string of the molecule is CCCC(=O)OC1(C)C(=O)CCC2C3C=C(C)C4=CC(=O)CCC4(C)C3CCC21C. The van der Waals surface area contributed by atoms with Crippen molar-refractivity contribution < 1.29 is 19.1 Å². The molecule has 0 aromatic rings. The maximum Gasteiger partial charge on any atom is 0.306 e. The van der Waals surface area contributed by atoms with Crippen LogP contribution in [0.15, 0.2) is 23.3 Å². The van der Waals surface area contributed by atoms with Gasteiger partial charge in [0.05, 0.1) is 0 Å². The lowest BCUT2D eigenvalue weighted by Crippen LogP contribution is -2.64. The molecule has 6 unspecified atom stereocenters. The number of Topliss-reactive ketones (excluding diaryl/α,β-unsaturated/α-hetero) is 1. The van der Waals surface area contributed by atoms with Crippen molar-refractivity contribution >= 4 is 17.5 Å². The molecule has 0 aromatic heterocycles. The summed E-state index contributed by atoms with van der Waals surface area (Å²) in [5, 5.41) is 0. The van der Waals surface area contributed by atoms with Crippen molar-refractivity contribution in [2.75, 3.05) is 0 Å². The Labute approximate surface area is 180 Å². The van der Waals surface area contributed by atoms with E-state index in [1.54, 1.807) is 0 Å². The molecule has 164 valence electrons. The van der Waals surface area contributed by atoms with Crippen LogP contribution in [0.4, 0.5) is 0 Å². The van der Waals surface area contributed by atoms with Gasteiger partial charge in [-0.2, -0.15) is 0 Å². The minimum absolute atomic E-state index is 0.0233. The third kappa shape index (κ3) is 2.89. The van der Waals surface area contributed by atoms with Crippen LogP contribution >= 0.6 is 0 Å². The quantitative estimate of drug-likeness (QED) is 0.586. The normalized spacial score (nSPS) is 43.0. The summed E-state index contributed by atoms with van der Waals surface area (Å²) in [5.41, 5.74) is 1.07. The molecule has 0 radical (unpaired) electrons. The first-order valence-corrected chi connectivity index (χ1v) is 11.8. The topological polar surface area (TPSA) is 60.4 Å². The monoisotopic (exact) mass is 412 g/mol. The van der Waals surface area contributed by atoms with Crippen molar-refractivity contribution in [2.45, 2.75) is 91.6 Å². The molecule has 0 saturated heterocycles. The number of allylic oxidation sites excluding steroid dienone is 4. The fourth-order valence-electron chi connectivity index (χ4n) is 7.36. The van der Waals surface area contributed by atoms with Crippen LogP contribution in [0.1, 0.15) is 86.0 Å². The van der Waals surface area contributed by atoms with E-state index in [0.29, 0.717) is 37.0 Å². The molecule has 0 bridgehead atoms. The zero-order valence-corrected chi connectivity index (χ0v) is 19.2. The van der Waals surface area contributed by atoms with Crippen molar-refractivity contribution in [1.29, 1.82) is 0 Å². The highest BCUT2D eigenvalue weighted by Crippen LogP contribution is 2.65. The molecule has 2 fully saturated rings. The second-order valence-corrected chi connectivity index (χ2v) is 10.8. The van der Waals surface area contributed by atoms with Crippen LogP contribution in [-0.4, -0.2) is 23.1 Å². The molecular formula is C26H36O4. The molecule has 0 aliphatic heterocycles. The van der Waals surface area contributed by atoms with Crippen LogP contribution in [-0.2, 0) is 19.1 Å². The number of ketones is 2. The van der Waals surface area contributed by atoms with Gasteiger partial charge in [0.25, 0.3) is 0 Å². The Morgan fingerprint density at radius 2 is 1.83 bits per heavy atom. The molecule has 4 heteroatoms. The predicted octanol–water partition coefficient (Wildman–Crippen LogP) is 5.36. The van der Waals surface area contributed by atoms with Gasteiger partial charge in [0.1, 0.15) is 0 Å². The fraction of sp³-hybridized carbons (Fsp3) is 0.731. The summed E-state index contributed by atoms with van der Waals surface area (Å²) in [5.74, 6) is 1.21. The fourth-order valence-corrected chi connectivity index (χ4v) is 7.36. The average molecular weight is 413 g/mol. The van der Waals surface area contributed by atoms with Crippen LogP contribution in [0.5, 0.6) is 0 Å². The minimum atomic E-state index is -1.05. The smallest absolute Gasteiger partial charge is 0.306 e. The Bertz CT molecular complexity index is 851. The number of hydrogen-bond acceptors (Lipinski definition) is 4. The molecule has 0 aromatic carbocycles. The van der Waals surface area contributed by atoms with Gasteiger partial charge in [0, 0.05) is 24.7 Å². The van der Waals surface area contributed by atoms with Crippen molar-refractivity contribution in [3.8, 4) is 0 Å². The standard InChI is InChI=1S/C26H36O4/c1-6-7-23(29)30-26(5)22(28)9-8-20-18-14-16(2)21-15-17(27)10-12-24(21,3)19(18)11-13-25(20,26)4/h14-15,18-20H,6-13H2,1-5H3. The van der Waals surface area contributed by atoms with Crippen LogP contribution in [0.2, 0.25) is 0 Å². The highest BCUT2D eigenvalue weighted by atomic mass is 16.6. The second-order valence-electron chi connectivity index (χ2n) is 10.8. The summed E-state index contributed by atoms with van der Waals surface area (Å²) in [6.45, 7) is 10.5. The van der Waals surface area contributed by atoms with Crippen LogP contribution in [0, 0.1) is 28.6 Å². The number of rotatable bonds is 3. The summed E-state index contributed by atoms with van der Waals surface area (Å²) in [7, 11) is 0. The summed E-state index contributed by atoms with van der Waals surface area (Å²) in [6, 6.07) is 0. The van der Waals surface area contributed by atoms with Gasteiger partial charge in [-0.05, 0) is 80.8 Å². The lowest BCUT2D eigenvalue weighted by atomic mass is 9.43.